The van der Waals surface area contributed by atoms with E-state index in [1.54, 1.807) is 13.1 Å². The standard InChI is InChI=1S/C10H15N3O/c1-4-7(2)8-5-6-9(13-12-8)10(14)11-3/h5-7H,4H2,1-3H3,(H,11,14). The molecule has 0 saturated heterocycles. The van der Waals surface area contributed by atoms with Crippen molar-refractivity contribution >= 4 is 5.91 Å². The van der Waals surface area contributed by atoms with Crippen molar-refractivity contribution in [3.63, 3.8) is 0 Å². The van der Waals surface area contributed by atoms with Gasteiger partial charge in [-0.2, -0.15) is 5.10 Å². The first-order valence-corrected chi connectivity index (χ1v) is 4.74. The Labute approximate surface area is 83.7 Å². The minimum absolute atomic E-state index is 0.201. The minimum Gasteiger partial charge on any atom is -0.354 e. The highest BCUT2D eigenvalue weighted by molar-refractivity contribution is 5.91. The molecule has 1 aromatic heterocycles. The van der Waals surface area contributed by atoms with Gasteiger partial charge in [-0.15, -0.1) is 5.10 Å². The normalized spacial score (nSPS) is 12.2. The van der Waals surface area contributed by atoms with Crippen molar-refractivity contribution in [3.05, 3.63) is 23.5 Å². The van der Waals surface area contributed by atoms with Gasteiger partial charge in [0.2, 0.25) is 0 Å². The molecule has 1 aromatic rings. The molecule has 1 unspecified atom stereocenters. The lowest BCUT2D eigenvalue weighted by Crippen LogP contribution is -2.19. The van der Waals surface area contributed by atoms with Gasteiger partial charge in [0, 0.05) is 7.05 Å². The van der Waals surface area contributed by atoms with Gasteiger partial charge in [0.15, 0.2) is 5.69 Å². The summed E-state index contributed by atoms with van der Waals surface area (Å²) in [5.74, 6) is 0.189. The number of nitrogens with one attached hydrogen (secondary N) is 1. The zero-order chi connectivity index (χ0) is 10.6. The summed E-state index contributed by atoms with van der Waals surface area (Å²) in [6, 6.07) is 3.55. The van der Waals surface area contributed by atoms with Crippen LogP contribution in [0.1, 0.15) is 42.4 Å². The van der Waals surface area contributed by atoms with Crippen LogP contribution in [0, 0.1) is 0 Å². The zero-order valence-corrected chi connectivity index (χ0v) is 8.74. The first-order valence-electron chi connectivity index (χ1n) is 4.74. The van der Waals surface area contributed by atoms with Gasteiger partial charge in [-0.3, -0.25) is 4.79 Å². The molecule has 0 aromatic carbocycles. The van der Waals surface area contributed by atoms with E-state index in [9.17, 15) is 4.79 Å². The van der Waals surface area contributed by atoms with Crippen LogP contribution in [0.5, 0.6) is 0 Å². The van der Waals surface area contributed by atoms with Crippen LogP contribution in [-0.4, -0.2) is 23.2 Å². The summed E-state index contributed by atoms with van der Waals surface area (Å²) in [6.07, 6.45) is 1.02. The number of aromatic nitrogens is 2. The van der Waals surface area contributed by atoms with Crippen LogP contribution in [-0.2, 0) is 0 Å². The van der Waals surface area contributed by atoms with E-state index in [1.807, 2.05) is 6.07 Å². The predicted molar refractivity (Wildman–Crippen MR) is 54.1 cm³/mol. The van der Waals surface area contributed by atoms with Crippen molar-refractivity contribution in [2.45, 2.75) is 26.2 Å². The predicted octanol–water partition coefficient (Wildman–Crippen LogP) is 1.35. The summed E-state index contributed by atoms with van der Waals surface area (Å²) in [6.45, 7) is 4.18. The van der Waals surface area contributed by atoms with Crippen molar-refractivity contribution in [2.24, 2.45) is 0 Å². The summed E-state index contributed by atoms with van der Waals surface area (Å²) < 4.78 is 0. The Morgan fingerprint density at radius 2 is 2.21 bits per heavy atom. The first-order chi connectivity index (χ1) is 6.69. The fourth-order valence-corrected chi connectivity index (χ4v) is 1.06. The number of amides is 1. The van der Waals surface area contributed by atoms with Crippen LogP contribution >= 0.6 is 0 Å². The number of carbonyl (C=O) groups is 1. The van der Waals surface area contributed by atoms with Crippen LogP contribution in [0.4, 0.5) is 0 Å². The molecule has 0 saturated carbocycles. The molecule has 0 spiro atoms. The molecule has 14 heavy (non-hydrogen) atoms. The van der Waals surface area contributed by atoms with Gasteiger partial charge in [-0.1, -0.05) is 13.8 Å². The van der Waals surface area contributed by atoms with Crippen LogP contribution in [0.3, 0.4) is 0 Å². The lowest BCUT2D eigenvalue weighted by atomic mass is 10.1. The van der Waals surface area contributed by atoms with Crippen LogP contribution in [0.2, 0.25) is 0 Å². The lowest BCUT2D eigenvalue weighted by Gasteiger charge is -2.06. The Hall–Kier alpha value is -1.45. The molecule has 1 atom stereocenters. The van der Waals surface area contributed by atoms with E-state index in [-0.39, 0.29) is 5.91 Å². The van der Waals surface area contributed by atoms with Gasteiger partial charge in [0.05, 0.1) is 5.69 Å². The quantitative estimate of drug-likeness (QED) is 0.788. The Balaban J connectivity index is 2.83. The molecule has 0 aliphatic heterocycles. The van der Waals surface area contributed by atoms with Gasteiger partial charge in [0.1, 0.15) is 0 Å². The summed E-state index contributed by atoms with van der Waals surface area (Å²) >= 11 is 0. The molecular weight excluding hydrogens is 178 g/mol. The second-order valence-electron chi connectivity index (χ2n) is 3.23. The van der Waals surface area contributed by atoms with E-state index in [4.69, 9.17) is 0 Å². The minimum atomic E-state index is -0.201. The van der Waals surface area contributed by atoms with Gasteiger partial charge >= 0.3 is 0 Å². The van der Waals surface area contributed by atoms with Gasteiger partial charge in [-0.05, 0) is 24.5 Å². The van der Waals surface area contributed by atoms with Crippen molar-refractivity contribution < 1.29 is 4.79 Å². The zero-order valence-electron chi connectivity index (χ0n) is 8.74. The molecule has 1 amide bonds. The Kier molecular flexibility index (Phi) is 3.56. The van der Waals surface area contributed by atoms with Crippen LogP contribution in [0.15, 0.2) is 12.1 Å². The Bertz CT molecular complexity index is 308. The Morgan fingerprint density at radius 1 is 1.50 bits per heavy atom. The first kappa shape index (κ1) is 10.6. The molecule has 1 N–H and O–H groups in total. The largest absolute Gasteiger partial charge is 0.354 e. The molecule has 1 heterocycles. The van der Waals surface area contributed by atoms with Crippen molar-refractivity contribution in [3.8, 4) is 0 Å². The van der Waals surface area contributed by atoms with Crippen LogP contribution < -0.4 is 5.32 Å². The average Bonchev–Trinajstić information content (AvgIpc) is 2.27. The maximum Gasteiger partial charge on any atom is 0.271 e. The molecule has 0 fully saturated rings. The summed E-state index contributed by atoms with van der Waals surface area (Å²) in [5, 5.41) is 10.4. The summed E-state index contributed by atoms with van der Waals surface area (Å²) in [5.41, 5.74) is 1.29. The molecular formula is C10H15N3O. The second kappa shape index (κ2) is 4.69. The maximum absolute atomic E-state index is 11.2. The van der Waals surface area contributed by atoms with E-state index in [2.05, 4.69) is 29.4 Å². The van der Waals surface area contributed by atoms with Crippen LogP contribution in [0.25, 0.3) is 0 Å². The van der Waals surface area contributed by atoms with Gasteiger partial charge in [-0.25, -0.2) is 0 Å². The number of hydrogen-bond acceptors (Lipinski definition) is 3. The fourth-order valence-electron chi connectivity index (χ4n) is 1.06. The number of carbonyl (C=O) groups excluding carboxylic acids is 1. The number of nitrogens with zero attached hydrogens (tertiary/aromatic N) is 2. The van der Waals surface area contributed by atoms with Crippen molar-refractivity contribution in [1.29, 1.82) is 0 Å². The monoisotopic (exact) mass is 193 g/mol. The van der Waals surface area contributed by atoms with E-state index in [1.165, 1.54) is 0 Å². The van der Waals surface area contributed by atoms with E-state index in [0.29, 0.717) is 11.6 Å². The molecule has 1 rings (SSSR count). The average molecular weight is 193 g/mol. The third kappa shape index (κ3) is 2.28. The Morgan fingerprint density at radius 3 is 2.64 bits per heavy atom. The third-order valence-electron chi connectivity index (χ3n) is 2.26. The third-order valence-corrected chi connectivity index (χ3v) is 2.26. The smallest absolute Gasteiger partial charge is 0.271 e. The maximum atomic E-state index is 11.2. The molecule has 4 nitrogen and oxygen atoms in total. The number of rotatable bonds is 3. The van der Waals surface area contributed by atoms with Gasteiger partial charge in [0.25, 0.3) is 5.91 Å². The summed E-state index contributed by atoms with van der Waals surface area (Å²) in [7, 11) is 1.58. The van der Waals surface area contributed by atoms with E-state index in [0.717, 1.165) is 12.1 Å². The highest BCUT2D eigenvalue weighted by Gasteiger charge is 2.08. The highest BCUT2D eigenvalue weighted by Crippen LogP contribution is 2.14. The fraction of sp³-hybridized carbons (Fsp3) is 0.500. The molecule has 4 heteroatoms. The topological polar surface area (TPSA) is 54.9 Å². The van der Waals surface area contributed by atoms with E-state index >= 15 is 0 Å². The van der Waals surface area contributed by atoms with Crippen molar-refractivity contribution in [1.82, 2.24) is 15.5 Å². The molecule has 0 radical (unpaired) electrons. The molecule has 76 valence electrons. The number of hydrogen-bond donors (Lipinski definition) is 1. The molecule has 0 bridgehead atoms. The molecule has 0 aliphatic carbocycles. The highest BCUT2D eigenvalue weighted by atomic mass is 16.1. The molecule has 0 aliphatic rings. The summed E-state index contributed by atoms with van der Waals surface area (Å²) in [4.78, 5) is 11.2. The van der Waals surface area contributed by atoms with Crippen molar-refractivity contribution in [2.75, 3.05) is 7.05 Å². The lowest BCUT2D eigenvalue weighted by molar-refractivity contribution is 0.0957. The SMILES string of the molecule is CCC(C)c1ccc(C(=O)NC)nn1. The van der Waals surface area contributed by atoms with E-state index < -0.39 is 0 Å². The van der Waals surface area contributed by atoms with Gasteiger partial charge < -0.3 is 5.32 Å². The second-order valence-corrected chi connectivity index (χ2v) is 3.23.